The molecule has 0 aromatic carbocycles. The van der Waals surface area contributed by atoms with Crippen molar-refractivity contribution in [2.75, 3.05) is 37.7 Å². The summed E-state index contributed by atoms with van der Waals surface area (Å²) < 4.78 is 11.1. The van der Waals surface area contributed by atoms with Gasteiger partial charge < -0.3 is 10.6 Å². The van der Waals surface area contributed by atoms with Crippen LogP contribution in [-0.4, -0.2) is 46.8 Å². The zero-order chi connectivity index (χ0) is 10.2. The van der Waals surface area contributed by atoms with Crippen LogP contribution in [0.25, 0.3) is 0 Å². The van der Waals surface area contributed by atoms with Crippen molar-refractivity contribution in [3.05, 3.63) is 0 Å². The number of nitrogens with zero attached hydrogens (tertiary/aromatic N) is 1. The van der Waals surface area contributed by atoms with Gasteiger partial charge in [-0.05, 0) is 25.9 Å². The maximum atomic E-state index is 11.1. The monoisotopic (exact) mass is 218 g/mol. The first-order valence-corrected chi connectivity index (χ1v) is 7.09. The summed E-state index contributed by atoms with van der Waals surface area (Å²) in [5.41, 5.74) is 5.42. The molecule has 0 amide bonds. The van der Waals surface area contributed by atoms with Crippen molar-refractivity contribution < 1.29 is 4.21 Å². The van der Waals surface area contributed by atoms with Crippen LogP contribution in [0.1, 0.15) is 25.7 Å². The van der Waals surface area contributed by atoms with Gasteiger partial charge >= 0.3 is 0 Å². The molecule has 0 unspecified atom stereocenters. The van der Waals surface area contributed by atoms with Gasteiger partial charge in [-0.1, -0.05) is 12.8 Å². The van der Waals surface area contributed by atoms with Crippen LogP contribution in [0.5, 0.6) is 0 Å². The highest BCUT2D eigenvalue weighted by atomic mass is 32.2. The Kier molecular flexibility index (Phi) is 6.39. The van der Waals surface area contributed by atoms with Gasteiger partial charge in [0, 0.05) is 35.4 Å². The van der Waals surface area contributed by atoms with Crippen molar-refractivity contribution in [3.8, 4) is 0 Å². The molecule has 0 radical (unpaired) electrons. The second-order valence-electron chi connectivity index (χ2n) is 3.89. The minimum absolute atomic E-state index is 0.529. The van der Waals surface area contributed by atoms with Crippen LogP contribution in [0, 0.1) is 0 Å². The molecule has 4 heteroatoms. The molecule has 1 saturated heterocycles. The smallest absolute Gasteiger partial charge is 0.0363 e. The standard InChI is InChI=1S/C10H22N2OS/c11-5-3-1-2-4-6-12-7-9-14(13)10-8-12/h1-11H2. The summed E-state index contributed by atoms with van der Waals surface area (Å²) >= 11 is 0. The Morgan fingerprint density at radius 2 is 1.71 bits per heavy atom. The average Bonchev–Trinajstić information content (AvgIpc) is 2.21. The zero-order valence-corrected chi connectivity index (χ0v) is 9.73. The van der Waals surface area contributed by atoms with Crippen molar-refractivity contribution in [2.45, 2.75) is 25.7 Å². The summed E-state index contributed by atoms with van der Waals surface area (Å²) in [7, 11) is -0.529. The quantitative estimate of drug-likeness (QED) is 0.663. The topological polar surface area (TPSA) is 46.3 Å². The van der Waals surface area contributed by atoms with E-state index in [-0.39, 0.29) is 0 Å². The zero-order valence-electron chi connectivity index (χ0n) is 8.91. The first-order chi connectivity index (χ1) is 6.83. The van der Waals surface area contributed by atoms with E-state index in [1.807, 2.05) is 0 Å². The molecule has 1 aliphatic rings. The van der Waals surface area contributed by atoms with E-state index in [4.69, 9.17) is 5.73 Å². The van der Waals surface area contributed by atoms with E-state index >= 15 is 0 Å². The largest absolute Gasteiger partial charge is 0.330 e. The fourth-order valence-corrected chi connectivity index (χ4v) is 2.86. The molecule has 1 heterocycles. The van der Waals surface area contributed by atoms with Crippen molar-refractivity contribution in [3.63, 3.8) is 0 Å². The maximum Gasteiger partial charge on any atom is 0.0363 e. The summed E-state index contributed by atoms with van der Waals surface area (Å²) in [6.07, 6.45) is 4.98. The van der Waals surface area contributed by atoms with Crippen LogP contribution in [-0.2, 0) is 10.8 Å². The van der Waals surface area contributed by atoms with E-state index in [0.717, 1.165) is 37.6 Å². The van der Waals surface area contributed by atoms with Gasteiger partial charge in [-0.15, -0.1) is 0 Å². The first-order valence-electron chi connectivity index (χ1n) is 5.60. The number of nitrogens with two attached hydrogens (primary N) is 1. The molecule has 0 atom stereocenters. The summed E-state index contributed by atoms with van der Waals surface area (Å²) in [5, 5.41) is 0. The predicted octanol–water partition coefficient (Wildman–Crippen LogP) is 0.570. The summed E-state index contributed by atoms with van der Waals surface area (Å²) in [5.74, 6) is 1.76. The molecule has 14 heavy (non-hydrogen) atoms. The molecular formula is C10H22N2OS. The lowest BCUT2D eigenvalue weighted by Gasteiger charge is -2.25. The van der Waals surface area contributed by atoms with Crippen molar-refractivity contribution in [1.29, 1.82) is 0 Å². The van der Waals surface area contributed by atoms with Gasteiger partial charge in [0.05, 0.1) is 0 Å². The Bertz CT molecular complexity index is 166. The lowest BCUT2D eigenvalue weighted by Crippen LogP contribution is -2.38. The lowest BCUT2D eigenvalue weighted by atomic mass is 10.2. The van der Waals surface area contributed by atoms with Crippen LogP contribution in [0.2, 0.25) is 0 Å². The van der Waals surface area contributed by atoms with E-state index in [1.54, 1.807) is 0 Å². The minimum atomic E-state index is -0.529. The fraction of sp³-hybridized carbons (Fsp3) is 1.00. The van der Waals surface area contributed by atoms with E-state index in [1.165, 1.54) is 25.8 Å². The van der Waals surface area contributed by atoms with Crippen LogP contribution in [0.15, 0.2) is 0 Å². The second kappa shape index (κ2) is 7.37. The van der Waals surface area contributed by atoms with E-state index < -0.39 is 10.8 Å². The first kappa shape index (κ1) is 12.1. The minimum Gasteiger partial charge on any atom is -0.330 e. The molecule has 0 aromatic rings. The maximum absolute atomic E-state index is 11.1. The number of rotatable bonds is 6. The van der Waals surface area contributed by atoms with Crippen LogP contribution in [0.3, 0.4) is 0 Å². The Morgan fingerprint density at radius 1 is 1.07 bits per heavy atom. The van der Waals surface area contributed by atoms with Crippen LogP contribution >= 0.6 is 0 Å². The van der Waals surface area contributed by atoms with E-state index in [0.29, 0.717) is 0 Å². The van der Waals surface area contributed by atoms with E-state index in [9.17, 15) is 4.21 Å². The summed E-state index contributed by atoms with van der Waals surface area (Å²) in [6.45, 7) is 4.07. The predicted molar refractivity (Wildman–Crippen MR) is 61.8 cm³/mol. The Morgan fingerprint density at radius 3 is 2.36 bits per heavy atom. The number of hydrogen-bond acceptors (Lipinski definition) is 3. The van der Waals surface area contributed by atoms with Gasteiger partial charge in [0.15, 0.2) is 0 Å². The van der Waals surface area contributed by atoms with E-state index in [2.05, 4.69) is 4.90 Å². The highest BCUT2D eigenvalue weighted by molar-refractivity contribution is 7.85. The second-order valence-corrected chi connectivity index (χ2v) is 5.59. The molecule has 3 nitrogen and oxygen atoms in total. The molecule has 0 aromatic heterocycles. The normalized spacial score (nSPS) is 20.1. The third-order valence-corrected chi connectivity index (χ3v) is 3.97. The molecule has 84 valence electrons. The molecule has 1 fully saturated rings. The van der Waals surface area contributed by atoms with Gasteiger partial charge in [-0.3, -0.25) is 4.21 Å². The molecule has 1 aliphatic heterocycles. The van der Waals surface area contributed by atoms with Gasteiger partial charge in [0.25, 0.3) is 0 Å². The third kappa shape index (κ3) is 5.08. The number of hydrogen-bond donors (Lipinski definition) is 1. The highest BCUT2D eigenvalue weighted by Gasteiger charge is 2.13. The third-order valence-electron chi connectivity index (χ3n) is 2.70. The molecule has 2 N–H and O–H groups in total. The number of unbranched alkanes of at least 4 members (excludes halogenated alkanes) is 3. The summed E-state index contributed by atoms with van der Waals surface area (Å²) in [4.78, 5) is 2.43. The van der Waals surface area contributed by atoms with Crippen molar-refractivity contribution in [2.24, 2.45) is 5.73 Å². The molecule has 0 bridgehead atoms. The molecule has 0 aliphatic carbocycles. The van der Waals surface area contributed by atoms with Gasteiger partial charge in [-0.25, -0.2) is 0 Å². The Labute approximate surface area is 89.5 Å². The van der Waals surface area contributed by atoms with Gasteiger partial charge in [0.1, 0.15) is 0 Å². The van der Waals surface area contributed by atoms with Crippen molar-refractivity contribution >= 4 is 10.8 Å². The molecule has 1 rings (SSSR count). The molecular weight excluding hydrogens is 196 g/mol. The van der Waals surface area contributed by atoms with Gasteiger partial charge in [0.2, 0.25) is 0 Å². The SMILES string of the molecule is NCCCCCCN1CCS(=O)CC1. The highest BCUT2D eigenvalue weighted by Crippen LogP contribution is 2.04. The molecule has 0 spiro atoms. The average molecular weight is 218 g/mol. The van der Waals surface area contributed by atoms with Gasteiger partial charge in [-0.2, -0.15) is 0 Å². The Hall–Kier alpha value is 0.0700. The van der Waals surface area contributed by atoms with Crippen LogP contribution < -0.4 is 5.73 Å². The fourth-order valence-electron chi connectivity index (χ4n) is 1.73. The Balaban J connectivity index is 1.94. The summed E-state index contributed by atoms with van der Waals surface area (Å²) in [6, 6.07) is 0. The molecule has 0 saturated carbocycles. The van der Waals surface area contributed by atoms with Crippen LogP contribution in [0.4, 0.5) is 0 Å². The van der Waals surface area contributed by atoms with Crippen molar-refractivity contribution in [1.82, 2.24) is 4.90 Å². The lowest BCUT2D eigenvalue weighted by molar-refractivity contribution is 0.291.